The minimum absolute atomic E-state index is 0.533. The maximum Gasteiger partial charge on any atom is -0.00203 e. The summed E-state index contributed by atoms with van der Waals surface area (Å²) in [5.41, 5.74) is 6.31. The maximum atomic E-state index is 5.78. The molecule has 3 atom stereocenters. The molecule has 1 nitrogen and oxygen atoms in total. The molecule has 2 saturated carbocycles. The summed E-state index contributed by atoms with van der Waals surface area (Å²) in [7, 11) is 0. The Kier molecular flexibility index (Phi) is 1.71. The van der Waals surface area contributed by atoms with E-state index in [4.69, 9.17) is 5.73 Å². The van der Waals surface area contributed by atoms with Gasteiger partial charge in [0.05, 0.1) is 0 Å². The van der Waals surface area contributed by atoms with Crippen LogP contribution in [0.25, 0.3) is 0 Å². The van der Waals surface area contributed by atoms with Gasteiger partial charge in [-0.3, -0.25) is 0 Å². The highest BCUT2D eigenvalue weighted by Crippen LogP contribution is 2.56. The Morgan fingerprint density at radius 1 is 1.36 bits per heavy atom. The first-order valence-corrected chi connectivity index (χ1v) is 4.96. The molecule has 64 valence electrons. The molecule has 0 amide bonds. The third-order valence-electron chi connectivity index (χ3n) is 4.00. The first-order valence-electron chi connectivity index (χ1n) is 4.96. The van der Waals surface area contributed by atoms with Crippen LogP contribution in [0.15, 0.2) is 0 Å². The van der Waals surface area contributed by atoms with Crippen molar-refractivity contribution in [3.05, 3.63) is 0 Å². The van der Waals surface area contributed by atoms with Crippen molar-refractivity contribution in [3.8, 4) is 0 Å². The van der Waals surface area contributed by atoms with Crippen LogP contribution in [0, 0.1) is 17.3 Å². The molecule has 0 spiro atoms. The fourth-order valence-electron chi connectivity index (χ4n) is 3.19. The van der Waals surface area contributed by atoms with Crippen molar-refractivity contribution in [1.29, 1.82) is 0 Å². The number of fused-ring (bicyclic) bond motifs is 1. The number of nitrogens with two attached hydrogens (primary N) is 1. The predicted molar refractivity (Wildman–Crippen MR) is 47.2 cm³/mol. The highest BCUT2D eigenvalue weighted by Gasteiger charge is 2.49. The van der Waals surface area contributed by atoms with Crippen molar-refractivity contribution in [2.75, 3.05) is 6.54 Å². The van der Waals surface area contributed by atoms with Gasteiger partial charge in [-0.1, -0.05) is 26.2 Å². The largest absolute Gasteiger partial charge is 0.330 e. The first kappa shape index (κ1) is 7.60. The van der Waals surface area contributed by atoms with Crippen molar-refractivity contribution < 1.29 is 0 Å². The maximum absolute atomic E-state index is 5.78. The van der Waals surface area contributed by atoms with E-state index in [1.54, 1.807) is 0 Å². The van der Waals surface area contributed by atoms with Crippen LogP contribution in [0.3, 0.4) is 0 Å². The molecule has 2 aliphatic carbocycles. The lowest BCUT2D eigenvalue weighted by atomic mass is 9.50. The second kappa shape index (κ2) is 2.48. The smallest absolute Gasteiger partial charge is 0.00203 e. The highest BCUT2D eigenvalue weighted by molar-refractivity contribution is 5.00. The van der Waals surface area contributed by atoms with Crippen molar-refractivity contribution >= 4 is 0 Å². The predicted octanol–water partition coefficient (Wildman–Crippen LogP) is 2.16. The SMILES string of the molecule is C[C@]1(CN)C[C@H]2CCCC[C@H]21. The van der Waals surface area contributed by atoms with Gasteiger partial charge in [0.15, 0.2) is 0 Å². The van der Waals surface area contributed by atoms with Crippen LogP contribution in [0.4, 0.5) is 0 Å². The third-order valence-corrected chi connectivity index (χ3v) is 4.00. The van der Waals surface area contributed by atoms with Gasteiger partial charge in [0.1, 0.15) is 0 Å². The minimum atomic E-state index is 0.533. The van der Waals surface area contributed by atoms with Gasteiger partial charge in [-0.25, -0.2) is 0 Å². The molecule has 0 heterocycles. The van der Waals surface area contributed by atoms with E-state index in [9.17, 15) is 0 Å². The van der Waals surface area contributed by atoms with Crippen LogP contribution in [0.5, 0.6) is 0 Å². The normalized spacial score (nSPS) is 49.6. The van der Waals surface area contributed by atoms with Crippen LogP contribution >= 0.6 is 0 Å². The van der Waals surface area contributed by atoms with Gasteiger partial charge in [0, 0.05) is 0 Å². The van der Waals surface area contributed by atoms with E-state index < -0.39 is 0 Å². The van der Waals surface area contributed by atoms with Crippen molar-refractivity contribution in [2.45, 2.75) is 39.0 Å². The standard InChI is InChI=1S/C10H19N/c1-10(7-11)6-8-4-2-3-5-9(8)10/h8-9H,2-7,11H2,1H3/t8-,9-,10-/m1/s1. The summed E-state index contributed by atoms with van der Waals surface area (Å²) in [6.07, 6.45) is 7.28. The third kappa shape index (κ3) is 1.01. The molecular formula is C10H19N. The van der Waals surface area contributed by atoms with Crippen LogP contribution in [0.1, 0.15) is 39.0 Å². The van der Waals surface area contributed by atoms with E-state index in [0.717, 1.165) is 18.4 Å². The zero-order valence-corrected chi connectivity index (χ0v) is 7.47. The molecule has 0 radical (unpaired) electrons. The second-order valence-electron chi connectivity index (χ2n) is 4.71. The Morgan fingerprint density at radius 2 is 2.09 bits per heavy atom. The summed E-state index contributed by atoms with van der Waals surface area (Å²) in [6, 6.07) is 0. The van der Waals surface area contributed by atoms with E-state index in [-0.39, 0.29) is 0 Å². The van der Waals surface area contributed by atoms with E-state index >= 15 is 0 Å². The molecule has 2 fully saturated rings. The Labute approximate surface area is 69.4 Å². The first-order chi connectivity index (χ1) is 5.26. The average molecular weight is 153 g/mol. The Morgan fingerprint density at radius 3 is 2.73 bits per heavy atom. The molecule has 0 unspecified atom stereocenters. The van der Waals surface area contributed by atoms with Gasteiger partial charge < -0.3 is 5.73 Å². The molecule has 0 aromatic carbocycles. The van der Waals surface area contributed by atoms with Gasteiger partial charge in [-0.15, -0.1) is 0 Å². The highest BCUT2D eigenvalue weighted by atomic mass is 14.7. The number of rotatable bonds is 1. The molecule has 0 aliphatic heterocycles. The van der Waals surface area contributed by atoms with E-state index in [0.29, 0.717) is 5.41 Å². The van der Waals surface area contributed by atoms with Crippen molar-refractivity contribution in [1.82, 2.24) is 0 Å². The topological polar surface area (TPSA) is 26.0 Å². The molecule has 0 aromatic rings. The quantitative estimate of drug-likeness (QED) is 0.614. The zero-order valence-electron chi connectivity index (χ0n) is 7.47. The van der Waals surface area contributed by atoms with E-state index in [1.165, 1.54) is 32.1 Å². The molecule has 2 aliphatic rings. The van der Waals surface area contributed by atoms with Crippen LogP contribution in [-0.4, -0.2) is 6.54 Å². The summed E-state index contributed by atoms with van der Waals surface area (Å²) < 4.78 is 0. The number of hydrogen-bond acceptors (Lipinski definition) is 1. The average Bonchev–Trinajstić information content (AvgIpc) is 2.02. The zero-order chi connectivity index (χ0) is 7.90. The van der Waals surface area contributed by atoms with Crippen molar-refractivity contribution in [2.24, 2.45) is 23.0 Å². The molecule has 11 heavy (non-hydrogen) atoms. The molecule has 0 saturated heterocycles. The van der Waals surface area contributed by atoms with Gasteiger partial charge in [0.25, 0.3) is 0 Å². The van der Waals surface area contributed by atoms with Gasteiger partial charge in [-0.2, -0.15) is 0 Å². The van der Waals surface area contributed by atoms with Crippen molar-refractivity contribution in [3.63, 3.8) is 0 Å². The summed E-state index contributed by atoms with van der Waals surface area (Å²) in [5.74, 6) is 2.04. The Hall–Kier alpha value is -0.0400. The fraction of sp³-hybridized carbons (Fsp3) is 1.00. The molecule has 2 N–H and O–H groups in total. The summed E-state index contributed by atoms with van der Waals surface area (Å²) >= 11 is 0. The van der Waals surface area contributed by atoms with E-state index in [2.05, 4.69) is 6.92 Å². The molecule has 0 aromatic heterocycles. The number of hydrogen-bond donors (Lipinski definition) is 1. The van der Waals surface area contributed by atoms with Gasteiger partial charge >= 0.3 is 0 Å². The monoisotopic (exact) mass is 153 g/mol. The lowest BCUT2D eigenvalue weighted by Crippen LogP contribution is -2.51. The molecule has 0 bridgehead atoms. The second-order valence-corrected chi connectivity index (χ2v) is 4.71. The van der Waals surface area contributed by atoms with Crippen LogP contribution in [0.2, 0.25) is 0 Å². The Bertz CT molecular complexity index is 155. The minimum Gasteiger partial charge on any atom is -0.330 e. The van der Waals surface area contributed by atoms with Crippen LogP contribution in [-0.2, 0) is 0 Å². The molecular weight excluding hydrogens is 134 g/mol. The van der Waals surface area contributed by atoms with Crippen LogP contribution < -0.4 is 5.73 Å². The summed E-state index contributed by atoms with van der Waals surface area (Å²) in [6.45, 7) is 3.29. The van der Waals surface area contributed by atoms with E-state index in [1.807, 2.05) is 0 Å². The molecule has 2 rings (SSSR count). The lowest BCUT2D eigenvalue weighted by molar-refractivity contribution is -0.0490. The van der Waals surface area contributed by atoms with Gasteiger partial charge in [-0.05, 0) is 36.6 Å². The Balaban J connectivity index is 2.00. The summed E-state index contributed by atoms with van der Waals surface area (Å²) in [4.78, 5) is 0. The lowest BCUT2D eigenvalue weighted by Gasteiger charge is -2.55. The summed E-state index contributed by atoms with van der Waals surface area (Å²) in [5, 5.41) is 0. The molecule has 1 heteroatoms. The van der Waals surface area contributed by atoms with Gasteiger partial charge in [0.2, 0.25) is 0 Å². The fourth-order valence-corrected chi connectivity index (χ4v) is 3.19.